The molecule has 0 aromatic heterocycles. The van der Waals surface area contributed by atoms with Crippen molar-refractivity contribution in [3.63, 3.8) is 0 Å². The Balaban J connectivity index is 2.20. The Labute approximate surface area is 141 Å². The summed E-state index contributed by atoms with van der Waals surface area (Å²) in [5, 5.41) is 1.25. The first-order valence-electron chi connectivity index (χ1n) is 6.30. The highest BCUT2D eigenvalue weighted by Crippen LogP contribution is 2.46. The number of alkyl halides is 2. The van der Waals surface area contributed by atoms with Crippen LogP contribution in [0.2, 0.25) is 0 Å². The van der Waals surface area contributed by atoms with E-state index in [9.17, 15) is 4.57 Å². The first kappa shape index (κ1) is 16.6. The molecule has 3 nitrogen and oxygen atoms in total. The lowest BCUT2D eigenvalue weighted by Gasteiger charge is -2.19. The maximum Gasteiger partial charge on any atom is 0.427 e. The second kappa shape index (κ2) is 7.48. The van der Waals surface area contributed by atoms with E-state index in [1.807, 2.05) is 36.4 Å². The summed E-state index contributed by atoms with van der Waals surface area (Å²) < 4.78 is 23.8. The Morgan fingerprint density at radius 2 is 1.24 bits per heavy atom. The third kappa shape index (κ3) is 4.60. The van der Waals surface area contributed by atoms with Gasteiger partial charge in [-0.3, -0.25) is 0 Å². The van der Waals surface area contributed by atoms with Gasteiger partial charge in [-0.2, -0.15) is 0 Å². The van der Waals surface area contributed by atoms with E-state index in [2.05, 4.69) is 31.9 Å². The fourth-order valence-corrected chi connectivity index (χ4v) is 3.82. The largest absolute Gasteiger partial charge is 0.427 e. The van der Waals surface area contributed by atoms with Gasteiger partial charge in [0.1, 0.15) is 11.5 Å². The van der Waals surface area contributed by atoms with E-state index in [1.165, 1.54) is 6.66 Å². The van der Waals surface area contributed by atoms with E-state index in [-0.39, 0.29) is 0 Å². The van der Waals surface area contributed by atoms with Crippen molar-refractivity contribution in [1.82, 2.24) is 0 Å². The van der Waals surface area contributed by atoms with E-state index in [4.69, 9.17) is 9.05 Å². The monoisotopic (exact) mass is 432 g/mol. The van der Waals surface area contributed by atoms with Crippen LogP contribution in [0.5, 0.6) is 11.5 Å². The van der Waals surface area contributed by atoms with Crippen molar-refractivity contribution in [2.45, 2.75) is 10.7 Å². The number of benzene rings is 2. The molecule has 0 N–H and O–H groups in total. The second-order valence-electron chi connectivity index (χ2n) is 4.44. The van der Waals surface area contributed by atoms with Gasteiger partial charge in [-0.1, -0.05) is 68.3 Å². The van der Waals surface area contributed by atoms with Gasteiger partial charge in [0, 0.05) is 21.8 Å². The zero-order valence-corrected chi connectivity index (χ0v) is 15.5. The molecule has 6 heteroatoms. The van der Waals surface area contributed by atoms with Crippen LogP contribution in [0, 0.1) is 0 Å². The molecule has 2 rings (SSSR count). The summed E-state index contributed by atoms with van der Waals surface area (Å²) in [7, 11) is -3.26. The van der Waals surface area contributed by atoms with Crippen molar-refractivity contribution >= 4 is 39.5 Å². The zero-order chi connectivity index (χ0) is 15.3. The molecule has 0 spiro atoms. The molecule has 2 aromatic carbocycles. The van der Waals surface area contributed by atoms with Crippen LogP contribution in [-0.4, -0.2) is 6.66 Å². The molecule has 0 radical (unpaired) electrons. The van der Waals surface area contributed by atoms with Gasteiger partial charge in [0.25, 0.3) is 0 Å². The number of para-hydroxylation sites is 2. The predicted molar refractivity (Wildman–Crippen MR) is 92.9 cm³/mol. The van der Waals surface area contributed by atoms with E-state index in [0.717, 1.165) is 11.1 Å². The van der Waals surface area contributed by atoms with E-state index in [1.54, 1.807) is 12.1 Å². The van der Waals surface area contributed by atoms with Crippen molar-refractivity contribution in [2.24, 2.45) is 0 Å². The summed E-state index contributed by atoms with van der Waals surface area (Å²) in [4.78, 5) is 0. The number of hydrogen-bond donors (Lipinski definition) is 0. The number of hydrogen-bond acceptors (Lipinski definition) is 3. The van der Waals surface area contributed by atoms with Gasteiger partial charge in [-0.15, -0.1) is 0 Å². The highest BCUT2D eigenvalue weighted by molar-refractivity contribution is 9.08. The molecule has 2 aromatic rings. The highest BCUT2D eigenvalue weighted by Gasteiger charge is 2.22. The van der Waals surface area contributed by atoms with Crippen LogP contribution in [0.3, 0.4) is 0 Å². The Hall–Kier alpha value is -0.770. The Morgan fingerprint density at radius 1 is 0.857 bits per heavy atom. The molecule has 0 fully saturated rings. The Morgan fingerprint density at radius 3 is 1.62 bits per heavy atom. The summed E-state index contributed by atoms with van der Waals surface area (Å²) in [5.41, 5.74) is 1.86. The molecule has 0 aliphatic rings. The van der Waals surface area contributed by atoms with E-state index < -0.39 is 7.60 Å². The standard InChI is InChI=1S/C15H15Br2O3P/c1-21(18,19-14-8-4-2-6-12(14)10-16)20-15-9-5-3-7-13(15)11-17/h2-9H,10-11H2,1H3. The molecule has 0 saturated heterocycles. The normalized spacial score (nSPS) is 11.2. The van der Waals surface area contributed by atoms with Gasteiger partial charge in [0.15, 0.2) is 0 Å². The number of halogens is 2. The van der Waals surface area contributed by atoms with Gasteiger partial charge >= 0.3 is 7.60 Å². The number of rotatable bonds is 6. The minimum atomic E-state index is -3.26. The summed E-state index contributed by atoms with van der Waals surface area (Å²) in [6, 6.07) is 14.9. The van der Waals surface area contributed by atoms with Gasteiger partial charge in [0.05, 0.1) is 6.66 Å². The maximum absolute atomic E-state index is 12.6. The molecule has 21 heavy (non-hydrogen) atoms. The van der Waals surface area contributed by atoms with Crippen LogP contribution in [0.25, 0.3) is 0 Å². The average Bonchev–Trinajstić information content (AvgIpc) is 2.47. The summed E-state index contributed by atoms with van der Waals surface area (Å²) in [6.07, 6.45) is 0. The summed E-state index contributed by atoms with van der Waals surface area (Å²) in [5.74, 6) is 1.13. The Kier molecular flexibility index (Phi) is 5.91. The molecule has 0 aliphatic carbocycles. The van der Waals surface area contributed by atoms with E-state index >= 15 is 0 Å². The molecule has 0 amide bonds. The van der Waals surface area contributed by atoms with E-state index in [0.29, 0.717) is 22.2 Å². The van der Waals surface area contributed by atoms with Crippen molar-refractivity contribution in [1.29, 1.82) is 0 Å². The SMILES string of the molecule is CP(=O)(Oc1ccccc1CBr)Oc1ccccc1CBr. The molecule has 0 unspecified atom stereocenters. The van der Waals surface area contributed by atoms with Gasteiger partial charge in [-0.05, 0) is 12.1 Å². The van der Waals surface area contributed by atoms with Crippen LogP contribution < -0.4 is 9.05 Å². The van der Waals surface area contributed by atoms with Crippen LogP contribution in [0.15, 0.2) is 48.5 Å². The third-order valence-corrected chi connectivity index (χ3v) is 5.03. The third-order valence-electron chi connectivity index (χ3n) is 2.76. The minimum absolute atomic E-state index is 0.566. The van der Waals surface area contributed by atoms with Crippen LogP contribution in [0.4, 0.5) is 0 Å². The molecule has 0 atom stereocenters. The molecule has 0 saturated carbocycles. The smallest absolute Gasteiger partial charge is 0.416 e. The topological polar surface area (TPSA) is 35.5 Å². The molecular weight excluding hydrogens is 419 g/mol. The first-order valence-corrected chi connectivity index (χ1v) is 10.5. The lowest BCUT2D eigenvalue weighted by molar-refractivity contribution is 0.391. The lowest BCUT2D eigenvalue weighted by Crippen LogP contribution is -2.02. The zero-order valence-electron chi connectivity index (χ0n) is 11.5. The van der Waals surface area contributed by atoms with Crippen molar-refractivity contribution in [3.05, 3.63) is 59.7 Å². The first-order chi connectivity index (χ1) is 10.1. The summed E-state index contributed by atoms with van der Waals surface area (Å²) in [6.45, 7) is 1.48. The average molecular weight is 434 g/mol. The molecular formula is C15H15Br2O3P. The molecule has 0 bridgehead atoms. The predicted octanol–water partition coefficient (Wildman–Crippen LogP) is 5.76. The van der Waals surface area contributed by atoms with Gasteiger partial charge < -0.3 is 9.05 Å². The van der Waals surface area contributed by atoms with Crippen LogP contribution >= 0.6 is 39.5 Å². The fraction of sp³-hybridized carbons (Fsp3) is 0.200. The maximum atomic E-state index is 12.6. The summed E-state index contributed by atoms with van der Waals surface area (Å²) >= 11 is 6.78. The second-order valence-corrected chi connectivity index (χ2v) is 7.47. The van der Waals surface area contributed by atoms with Crippen molar-refractivity contribution in [2.75, 3.05) is 6.66 Å². The minimum Gasteiger partial charge on any atom is -0.416 e. The van der Waals surface area contributed by atoms with Crippen molar-refractivity contribution < 1.29 is 13.6 Å². The quantitative estimate of drug-likeness (QED) is 0.429. The van der Waals surface area contributed by atoms with Gasteiger partial charge in [0.2, 0.25) is 0 Å². The molecule has 112 valence electrons. The molecule has 0 heterocycles. The van der Waals surface area contributed by atoms with Gasteiger partial charge in [-0.25, -0.2) is 4.57 Å². The van der Waals surface area contributed by atoms with Crippen LogP contribution in [0.1, 0.15) is 11.1 Å². The molecule has 0 aliphatic heterocycles. The van der Waals surface area contributed by atoms with Crippen molar-refractivity contribution in [3.8, 4) is 11.5 Å². The highest BCUT2D eigenvalue weighted by atomic mass is 79.9. The lowest BCUT2D eigenvalue weighted by atomic mass is 10.2. The Bertz CT molecular complexity index is 607. The van der Waals surface area contributed by atoms with Crippen LogP contribution in [-0.2, 0) is 15.2 Å². The fourth-order valence-electron chi connectivity index (χ4n) is 1.78.